The minimum Gasteiger partial charge on any atom is -0.487 e. The average molecular weight is 525 g/mol. The fourth-order valence-corrected chi connectivity index (χ4v) is 3.96. The molecule has 0 bridgehead atoms. The number of hydrogen-bond acceptors (Lipinski definition) is 4. The first-order valence-electron chi connectivity index (χ1n) is 10.5. The number of hydrogen-bond donors (Lipinski definition) is 2. The number of aliphatic imine (C=N–C) groups is 1. The van der Waals surface area contributed by atoms with E-state index < -0.39 is 0 Å². The van der Waals surface area contributed by atoms with Gasteiger partial charge in [0.25, 0.3) is 0 Å². The molecule has 6 nitrogen and oxygen atoms in total. The Morgan fingerprint density at radius 1 is 1.20 bits per heavy atom. The van der Waals surface area contributed by atoms with Crippen molar-refractivity contribution >= 4 is 29.9 Å². The molecule has 0 saturated carbocycles. The number of guanidine groups is 1. The number of rotatable bonds is 6. The van der Waals surface area contributed by atoms with Gasteiger partial charge in [0.1, 0.15) is 17.1 Å². The first-order valence-corrected chi connectivity index (χ1v) is 10.5. The van der Waals surface area contributed by atoms with Crippen LogP contribution in [0.5, 0.6) is 5.75 Å². The molecule has 2 atom stereocenters. The van der Waals surface area contributed by atoms with Crippen molar-refractivity contribution in [3.05, 3.63) is 54.0 Å². The van der Waals surface area contributed by atoms with E-state index in [0.29, 0.717) is 5.92 Å². The lowest BCUT2D eigenvalue weighted by atomic mass is 9.90. The van der Waals surface area contributed by atoms with Crippen LogP contribution in [0.15, 0.2) is 52.1 Å². The summed E-state index contributed by atoms with van der Waals surface area (Å²) in [6.45, 7) is 7.44. The van der Waals surface area contributed by atoms with Crippen LogP contribution in [0.4, 0.5) is 0 Å². The number of benzene rings is 1. The summed E-state index contributed by atoms with van der Waals surface area (Å²) in [6.07, 6.45) is 4.48. The predicted octanol–water partition coefficient (Wildman–Crippen LogP) is 4.31. The van der Waals surface area contributed by atoms with Gasteiger partial charge >= 0.3 is 0 Å². The second kappa shape index (κ2) is 10.5. The molecule has 0 amide bonds. The summed E-state index contributed by atoms with van der Waals surface area (Å²) in [5.41, 5.74) is 0.946. The first kappa shape index (κ1) is 22.9. The molecule has 7 heteroatoms. The monoisotopic (exact) mass is 525 g/mol. The normalized spacial score (nSPS) is 22.5. The summed E-state index contributed by atoms with van der Waals surface area (Å²) in [5, 5.41) is 7.14. The Labute approximate surface area is 195 Å². The van der Waals surface area contributed by atoms with Crippen LogP contribution in [0.3, 0.4) is 0 Å². The highest BCUT2D eigenvalue weighted by Crippen LogP contribution is 2.39. The van der Waals surface area contributed by atoms with E-state index in [4.69, 9.17) is 18.9 Å². The maximum atomic E-state index is 6.17. The maximum absolute atomic E-state index is 6.17. The highest BCUT2D eigenvalue weighted by atomic mass is 127. The van der Waals surface area contributed by atoms with Crippen molar-refractivity contribution in [3.63, 3.8) is 0 Å². The minimum absolute atomic E-state index is 0. The van der Waals surface area contributed by atoms with Gasteiger partial charge in [-0.1, -0.05) is 18.2 Å². The van der Waals surface area contributed by atoms with E-state index >= 15 is 0 Å². The highest BCUT2D eigenvalue weighted by Gasteiger charge is 2.34. The summed E-state index contributed by atoms with van der Waals surface area (Å²) < 4.78 is 17.1. The van der Waals surface area contributed by atoms with E-state index in [-0.39, 0.29) is 35.6 Å². The zero-order chi connectivity index (χ0) is 20.1. The van der Waals surface area contributed by atoms with Crippen molar-refractivity contribution in [2.75, 3.05) is 26.3 Å². The molecule has 0 aliphatic carbocycles. The molecule has 1 aromatic heterocycles. The van der Waals surface area contributed by atoms with Crippen LogP contribution in [-0.4, -0.2) is 37.9 Å². The lowest BCUT2D eigenvalue weighted by Gasteiger charge is -2.38. The Balaban J connectivity index is 0.00000256. The van der Waals surface area contributed by atoms with E-state index in [1.807, 2.05) is 24.3 Å². The summed E-state index contributed by atoms with van der Waals surface area (Å²) in [4.78, 5) is 4.88. The molecule has 2 N–H and O–H groups in total. The van der Waals surface area contributed by atoms with E-state index in [2.05, 4.69) is 36.6 Å². The van der Waals surface area contributed by atoms with Crippen molar-refractivity contribution in [3.8, 4) is 5.75 Å². The number of furan rings is 1. The Kier molecular flexibility index (Phi) is 8.05. The summed E-state index contributed by atoms with van der Waals surface area (Å²) in [5.74, 6) is 3.25. The lowest BCUT2D eigenvalue weighted by Crippen LogP contribution is -2.46. The SMILES string of the molecule is CC1(C)CC(NC(=NCC2CCOC2)NCCc2ccco2)c2ccccc2O1.I. The Hall–Kier alpha value is -1.74. The highest BCUT2D eigenvalue weighted by molar-refractivity contribution is 14.0. The van der Waals surface area contributed by atoms with Gasteiger partial charge in [0.05, 0.1) is 18.9 Å². The zero-order valence-corrected chi connectivity index (χ0v) is 20.1. The minimum atomic E-state index is -0.232. The Morgan fingerprint density at radius 2 is 2.07 bits per heavy atom. The van der Waals surface area contributed by atoms with Gasteiger partial charge in [0.2, 0.25) is 0 Å². The van der Waals surface area contributed by atoms with Crippen molar-refractivity contribution in [1.82, 2.24) is 10.6 Å². The summed E-state index contributed by atoms with van der Waals surface area (Å²) in [7, 11) is 0. The van der Waals surface area contributed by atoms with Crippen molar-refractivity contribution < 1.29 is 13.9 Å². The second-order valence-corrected chi connectivity index (χ2v) is 8.48. The number of nitrogens with one attached hydrogen (secondary N) is 2. The average Bonchev–Trinajstić information content (AvgIpc) is 3.39. The van der Waals surface area contributed by atoms with Crippen LogP contribution in [-0.2, 0) is 11.2 Å². The third kappa shape index (κ3) is 6.14. The molecule has 0 radical (unpaired) electrons. The third-order valence-corrected chi connectivity index (χ3v) is 5.46. The van der Waals surface area contributed by atoms with Gasteiger partial charge in [-0.05, 0) is 38.5 Å². The smallest absolute Gasteiger partial charge is 0.191 e. The van der Waals surface area contributed by atoms with E-state index in [0.717, 1.165) is 63.0 Å². The maximum Gasteiger partial charge on any atom is 0.191 e. The second-order valence-electron chi connectivity index (χ2n) is 8.48. The van der Waals surface area contributed by atoms with Gasteiger partial charge in [-0.25, -0.2) is 0 Å². The molecule has 2 unspecified atom stereocenters. The molecule has 3 heterocycles. The van der Waals surface area contributed by atoms with Gasteiger partial charge in [-0.3, -0.25) is 4.99 Å². The number of nitrogens with zero attached hydrogens (tertiary/aromatic N) is 1. The van der Waals surface area contributed by atoms with E-state index in [9.17, 15) is 0 Å². The topological polar surface area (TPSA) is 68.0 Å². The third-order valence-electron chi connectivity index (χ3n) is 5.46. The Morgan fingerprint density at radius 3 is 2.83 bits per heavy atom. The predicted molar refractivity (Wildman–Crippen MR) is 129 cm³/mol. The molecule has 2 aliphatic rings. The quantitative estimate of drug-likeness (QED) is 0.334. The Bertz CT molecular complexity index is 817. The fraction of sp³-hybridized carbons (Fsp3) is 0.522. The van der Waals surface area contributed by atoms with E-state index in [1.54, 1.807) is 6.26 Å². The first-order chi connectivity index (χ1) is 14.1. The number of halogens is 1. The molecular weight excluding hydrogens is 493 g/mol. The lowest BCUT2D eigenvalue weighted by molar-refractivity contribution is 0.0694. The van der Waals surface area contributed by atoms with Crippen LogP contribution in [0.1, 0.15) is 44.1 Å². The molecule has 0 spiro atoms. The van der Waals surface area contributed by atoms with Crippen molar-refractivity contribution in [2.45, 2.75) is 44.8 Å². The molecule has 2 aliphatic heterocycles. The summed E-state index contributed by atoms with van der Waals surface area (Å²) >= 11 is 0. The molecular formula is C23H32IN3O3. The van der Waals surface area contributed by atoms with Gasteiger partial charge in [0, 0.05) is 44.0 Å². The van der Waals surface area contributed by atoms with Crippen LogP contribution in [0.25, 0.3) is 0 Å². The van der Waals surface area contributed by atoms with Gasteiger partial charge in [0.15, 0.2) is 5.96 Å². The van der Waals surface area contributed by atoms with Crippen molar-refractivity contribution in [1.29, 1.82) is 0 Å². The van der Waals surface area contributed by atoms with Gasteiger partial charge in [-0.15, -0.1) is 24.0 Å². The number of fused-ring (bicyclic) bond motifs is 1. The van der Waals surface area contributed by atoms with Gasteiger partial charge < -0.3 is 24.5 Å². The molecule has 1 saturated heterocycles. The largest absolute Gasteiger partial charge is 0.487 e. The molecule has 1 fully saturated rings. The van der Waals surface area contributed by atoms with Crippen molar-refractivity contribution in [2.24, 2.45) is 10.9 Å². The van der Waals surface area contributed by atoms with E-state index in [1.165, 1.54) is 5.56 Å². The zero-order valence-electron chi connectivity index (χ0n) is 17.7. The van der Waals surface area contributed by atoms with Crippen LogP contribution in [0.2, 0.25) is 0 Å². The molecule has 1 aromatic carbocycles. The standard InChI is InChI=1S/C23H31N3O3.HI/c1-23(2)14-20(19-7-3-4-8-21(19)29-23)26-22(25-15-17-10-13-27-16-17)24-11-9-18-6-5-12-28-18;/h3-8,12,17,20H,9-11,13-16H2,1-2H3,(H2,24,25,26);1H. The van der Waals surface area contributed by atoms with Crippen LogP contribution in [0, 0.1) is 5.92 Å². The van der Waals surface area contributed by atoms with Crippen LogP contribution >= 0.6 is 24.0 Å². The summed E-state index contributed by atoms with van der Waals surface area (Å²) in [6, 6.07) is 12.3. The molecule has 4 rings (SSSR count). The fourth-order valence-electron chi connectivity index (χ4n) is 3.96. The van der Waals surface area contributed by atoms with Crippen LogP contribution < -0.4 is 15.4 Å². The van der Waals surface area contributed by atoms with Gasteiger partial charge in [-0.2, -0.15) is 0 Å². The number of ether oxygens (including phenoxy) is 2. The molecule has 30 heavy (non-hydrogen) atoms. The molecule has 2 aromatic rings. The number of para-hydroxylation sites is 1. The molecule has 164 valence electrons.